The first kappa shape index (κ1) is 66.0. The Balaban J connectivity index is 1.49. The summed E-state index contributed by atoms with van der Waals surface area (Å²) in [6, 6.07) is 35.1. The zero-order valence-electron chi connectivity index (χ0n) is 48.3. The Hall–Kier alpha value is -10.1. The Labute approximate surface area is 499 Å². The summed E-state index contributed by atoms with van der Waals surface area (Å²) in [6.07, 6.45) is 0. The van der Waals surface area contributed by atoms with Gasteiger partial charge in [-0.3, -0.25) is 0 Å². The molecule has 23 heteroatoms. The lowest BCUT2D eigenvalue weighted by atomic mass is 9.90. The van der Waals surface area contributed by atoms with Crippen LogP contribution in [0.4, 0.5) is 0 Å². The molecule has 0 aliphatic rings. The van der Waals surface area contributed by atoms with E-state index in [4.69, 9.17) is 61.6 Å². The highest BCUT2D eigenvalue weighted by Gasteiger charge is 2.41. The molecule has 0 bridgehead atoms. The number of esters is 10. The molecule has 6 aromatic carbocycles. The van der Waals surface area contributed by atoms with Crippen molar-refractivity contribution in [3.05, 3.63) is 212 Å². The molecule has 0 atom stereocenters. The molecule has 0 amide bonds. The summed E-state index contributed by atoms with van der Waals surface area (Å²) >= 11 is 0. The van der Waals surface area contributed by atoms with E-state index in [0.717, 1.165) is 28.4 Å². The highest BCUT2D eigenvalue weighted by atomic mass is 16.6. The molecular formula is C64H62O23. The van der Waals surface area contributed by atoms with Crippen molar-refractivity contribution in [1.29, 1.82) is 0 Å². The highest BCUT2D eigenvalue weighted by Crippen LogP contribution is 2.30. The molecule has 0 fully saturated rings. The van der Waals surface area contributed by atoms with Gasteiger partial charge in [-0.2, -0.15) is 0 Å². The van der Waals surface area contributed by atoms with Crippen molar-refractivity contribution >= 4 is 59.7 Å². The van der Waals surface area contributed by atoms with Crippen LogP contribution in [-0.2, 0) is 74.8 Å². The third kappa shape index (κ3) is 17.5. The van der Waals surface area contributed by atoms with E-state index in [0.29, 0.717) is 11.1 Å². The standard InChI is InChI=1S/C64H62O23/c1-75-53(65)43-21-9-7-19-41(43)31-81-33-63(37-84-59(71)49-27-15-11-23-45(49)55(67)77-3,38-85-60(72)50-28-16-12-24-46(50)56(68)78-4)35-83-36-64(34-82-32-42-20-8-10-22-44(42)54(66)76-2,39-86-61(73)51-29-17-13-25-47(51)57(69)79-5)40-87-62(74)52-30-18-14-26-48(52)58(70)80-6/h7-30H,31-40H2,1-6H3. The molecule has 456 valence electrons. The molecule has 0 aliphatic heterocycles. The smallest absolute Gasteiger partial charge is 0.339 e. The number of methoxy groups -OCH3 is 6. The minimum absolute atomic E-state index is 0.130. The maximum absolute atomic E-state index is 14.2. The Kier molecular flexibility index (Phi) is 24.5. The van der Waals surface area contributed by atoms with E-state index in [2.05, 4.69) is 0 Å². The highest BCUT2D eigenvalue weighted by molar-refractivity contribution is 6.05. The van der Waals surface area contributed by atoms with Gasteiger partial charge in [-0.25, -0.2) is 47.9 Å². The average molecular weight is 1200 g/mol. The van der Waals surface area contributed by atoms with Gasteiger partial charge in [-0.05, 0) is 71.8 Å². The van der Waals surface area contributed by atoms with Gasteiger partial charge in [0.25, 0.3) is 0 Å². The Morgan fingerprint density at radius 2 is 0.425 bits per heavy atom. The molecule has 6 aromatic rings. The molecule has 0 aliphatic carbocycles. The van der Waals surface area contributed by atoms with Crippen molar-refractivity contribution in [2.75, 3.05) is 95.5 Å². The van der Waals surface area contributed by atoms with E-state index >= 15 is 0 Å². The maximum atomic E-state index is 14.2. The minimum atomic E-state index is -1.86. The topological polar surface area (TPSA) is 291 Å². The summed E-state index contributed by atoms with van der Waals surface area (Å²) in [5, 5.41) is 0. The zero-order chi connectivity index (χ0) is 62.9. The lowest BCUT2D eigenvalue weighted by Gasteiger charge is -2.36. The van der Waals surface area contributed by atoms with E-state index in [1.807, 2.05) is 0 Å². The fourth-order valence-corrected chi connectivity index (χ4v) is 8.63. The molecule has 23 nitrogen and oxygen atoms in total. The molecule has 0 unspecified atom stereocenters. The van der Waals surface area contributed by atoms with Gasteiger partial charge in [0.05, 0.1) is 149 Å². The van der Waals surface area contributed by atoms with Gasteiger partial charge in [-0.15, -0.1) is 0 Å². The van der Waals surface area contributed by atoms with E-state index in [1.165, 1.54) is 123 Å². The van der Waals surface area contributed by atoms with Crippen molar-refractivity contribution in [3.8, 4) is 0 Å². The summed E-state index contributed by atoms with van der Waals surface area (Å²) < 4.78 is 72.9. The lowest BCUT2D eigenvalue weighted by molar-refractivity contribution is -0.125. The summed E-state index contributed by atoms with van der Waals surface area (Å²) in [4.78, 5) is 134. The number of carbonyl (C=O) groups is 10. The molecule has 0 heterocycles. The van der Waals surface area contributed by atoms with Gasteiger partial charge in [0.15, 0.2) is 0 Å². The largest absolute Gasteiger partial charge is 0.465 e. The number of ether oxygens (including phenoxy) is 13. The first-order valence-corrected chi connectivity index (χ1v) is 26.4. The van der Waals surface area contributed by atoms with Crippen LogP contribution in [-0.4, -0.2) is 155 Å². The first-order chi connectivity index (χ1) is 42.0. The van der Waals surface area contributed by atoms with E-state index in [-0.39, 0.29) is 68.8 Å². The quantitative estimate of drug-likeness (QED) is 0.0310. The van der Waals surface area contributed by atoms with Crippen molar-refractivity contribution in [1.82, 2.24) is 0 Å². The van der Waals surface area contributed by atoms with Crippen LogP contribution >= 0.6 is 0 Å². The van der Waals surface area contributed by atoms with Crippen molar-refractivity contribution in [2.45, 2.75) is 13.2 Å². The monoisotopic (exact) mass is 1200 g/mol. The minimum Gasteiger partial charge on any atom is -0.465 e. The van der Waals surface area contributed by atoms with Gasteiger partial charge < -0.3 is 61.6 Å². The fourth-order valence-electron chi connectivity index (χ4n) is 8.63. The zero-order valence-corrected chi connectivity index (χ0v) is 48.3. The summed E-state index contributed by atoms with van der Waals surface area (Å²) in [5.74, 6) is -9.15. The van der Waals surface area contributed by atoms with Crippen molar-refractivity contribution in [2.24, 2.45) is 10.8 Å². The van der Waals surface area contributed by atoms with E-state index in [9.17, 15) is 47.9 Å². The van der Waals surface area contributed by atoms with Gasteiger partial charge in [0.1, 0.15) is 26.4 Å². The van der Waals surface area contributed by atoms with Crippen LogP contribution < -0.4 is 0 Å². The van der Waals surface area contributed by atoms with Crippen LogP contribution in [0.2, 0.25) is 0 Å². The molecule has 0 N–H and O–H groups in total. The number of hydrogen-bond acceptors (Lipinski definition) is 23. The first-order valence-electron chi connectivity index (χ1n) is 26.4. The third-order valence-electron chi connectivity index (χ3n) is 13.2. The fraction of sp³-hybridized carbons (Fsp3) is 0.281. The molecule has 0 aromatic heterocycles. The SMILES string of the molecule is COC(=O)c1ccccc1COCC(COCC(COCc1ccccc1C(=O)OC)(COC(=O)c1ccccc1C(=O)OC)COC(=O)c1ccccc1C(=O)OC)(COC(=O)c1ccccc1C(=O)OC)COC(=O)c1ccccc1C(=O)OC. The third-order valence-corrected chi connectivity index (χ3v) is 13.2. The lowest BCUT2D eigenvalue weighted by Crippen LogP contribution is -2.47. The van der Waals surface area contributed by atoms with Crippen molar-refractivity contribution < 1.29 is 110 Å². The summed E-state index contributed by atoms with van der Waals surface area (Å²) in [6.45, 7) is -6.06. The van der Waals surface area contributed by atoms with Crippen LogP contribution in [0.25, 0.3) is 0 Å². The molecule has 6 rings (SSSR count). The summed E-state index contributed by atoms with van der Waals surface area (Å²) in [5.41, 5.74) is -4.37. The predicted octanol–water partition coefficient (Wildman–Crippen LogP) is 7.56. The van der Waals surface area contributed by atoms with Crippen LogP contribution in [0.3, 0.4) is 0 Å². The second-order valence-corrected chi connectivity index (χ2v) is 19.2. The molecule has 0 saturated heterocycles. The van der Waals surface area contributed by atoms with Crippen molar-refractivity contribution in [3.63, 3.8) is 0 Å². The van der Waals surface area contributed by atoms with Gasteiger partial charge in [-0.1, -0.05) is 84.9 Å². The van der Waals surface area contributed by atoms with Crippen LogP contribution in [0.1, 0.15) is 115 Å². The van der Waals surface area contributed by atoms with Gasteiger partial charge >= 0.3 is 59.7 Å². The van der Waals surface area contributed by atoms with E-state index < -0.39 is 123 Å². The second-order valence-electron chi connectivity index (χ2n) is 19.2. The Bertz CT molecular complexity index is 3080. The van der Waals surface area contributed by atoms with Crippen LogP contribution in [0, 0.1) is 10.8 Å². The molecule has 0 radical (unpaired) electrons. The van der Waals surface area contributed by atoms with Gasteiger partial charge in [0, 0.05) is 0 Å². The normalized spacial score (nSPS) is 11.0. The predicted molar refractivity (Wildman–Crippen MR) is 303 cm³/mol. The van der Waals surface area contributed by atoms with Crippen LogP contribution in [0.5, 0.6) is 0 Å². The number of hydrogen-bond donors (Lipinski definition) is 0. The second kappa shape index (κ2) is 32.3. The average Bonchev–Trinajstić information content (AvgIpc) is 3.71. The van der Waals surface area contributed by atoms with Crippen LogP contribution in [0.15, 0.2) is 146 Å². The number of rotatable bonds is 30. The Morgan fingerprint density at radius 3 is 0.655 bits per heavy atom. The number of carbonyl (C=O) groups excluding carboxylic acids is 10. The van der Waals surface area contributed by atoms with Gasteiger partial charge in [0.2, 0.25) is 0 Å². The summed E-state index contributed by atoms with van der Waals surface area (Å²) in [7, 11) is 6.85. The molecule has 0 spiro atoms. The molecular weight excluding hydrogens is 1140 g/mol. The molecule has 87 heavy (non-hydrogen) atoms. The maximum Gasteiger partial charge on any atom is 0.339 e. The molecule has 0 saturated carbocycles. The van der Waals surface area contributed by atoms with E-state index in [1.54, 1.807) is 36.4 Å². The number of benzene rings is 6. The Morgan fingerprint density at radius 1 is 0.241 bits per heavy atom.